The highest BCUT2D eigenvalue weighted by Crippen LogP contribution is 2.34. The number of halogens is 3. The van der Waals surface area contributed by atoms with Gasteiger partial charge in [0.1, 0.15) is 11.4 Å². The predicted octanol–water partition coefficient (Wildman–Crippen LogP) is 7.28. The smallest absolute Gasteiger partial charge is 0.312 e. The lowest BCUT2D eigenvalue weighted by molar-refractivity contribution is -0.385. The molecular formula is C31H18Br2FN5O6. The molecule has 0 aliphatic carbocycles. The van der Waals surface area contributed by atoms with E-state index >= 15 is 0 Å². The summed E-state index contributed by atoms with van der Waals surface area (Å²) in [6.07, 6.45) is 1.18. The summed E-state index contributed by atoms with van der Waals surface area (Å²) in [7, 11) is 0. The number of para-hydroxylation sites is 2. The Kier molecular flexibility index (Phi) is 8.24. The molecule has 0 fully saturated rings. The number of nitro benzene ring substituents is 1. The molecule has 0 saturated heterocycles. The van der Waals surface area contributed by atoms with Gasteiger partial charge in [0.15, 0.2) is 12.4 Å². The molecule has 6 aromatic rings. The van der Waals surface area contributed by atoms with Crippen LogP contribution >= 0.6 is 31.9 Å². The minimum absolute atomic E-state index is 0.0642. The molecule has 0 bridgehead atoms. The molecule has 0 atom stereocenters. The number of ether oxygens (including phenoxy) is 1. The Bertz CT molecular complexity index is 2230. The Morgan fingerprint density at radius 1 is 1.07 bits per heavy atom. The van der Waals surface area contributed by atoms with Crippen molar-refractivity contribution in [2.45, 2.75) is 0 Å². The molecule has 1 amide bonds. The molecule has 0 spiro atoms. The summed E-state index contributed by atoms with van der Waals surface area (Å²) in [6, 6.07) is 22.1. The third-order valence-corrected chi connectivity index (χ3v) is 7.47. The minimum atomic E-state index is -0.756. The standard InChI is InChI=1S/C31H18Br2FN5O6/c32-19-9-10-26-17(11-19)13-27(45-26)30-37-23-7-3-1-5-21(23)31(41)38(30)35-15-18-12-20(33)14-25(39(42)43)29(18)44-16-28(40)36-24-8-4-2-6-22(24)34/h1-15H,16H2,(H,36,40). The van der Waals surface area contributed by atoms with E-state index in [-0.39, 0.29) is 34.0 Å². The summed E-state index contributed by atoms with van der Waals surface area (Å²) < 4.78 is 27.8. The van der Waals surface area contributed by atoms with E-state index in [0.717, 1.165) is 14.5 Å². The van der Waals surface area contributed by atoms with Crippen molar-refractivity contribution in [3.05, 3.63) is 126 Å². The second kappa shape index (κ2) is 12.4. The molecule has 1 N–H and O–H groups in total. The number of rotatable bonds is 8. The van der Waals surface area contributed by atoms with Crippen LogP contribution in [-0.2, 0) is 4.79 Å². The Labute approximate surface area is 269 Å². The fraction of sp³-hybridized carbons (Fsp3) is 0.0323. The first-order chi connectivity index (χ1) is 21.7. The second-order valence-electron chi connectivity index (χ2n) is 9.52. The molecule has 0 aliphatic heterocycles. The van der Waals surface area contributed by atoms with Crippen molar-refractivity contribution in [3.8, 4) is 17.3 Å². The maximum atomic E-state index is 14.0. The van der Waals surface area contributed by atoms with Gasteiger partial charge in [-0.2, -0.15) is 9.78 Å². The minimum Gasteiger partial charge on any atom is -0.476 e. The first kappa shape index (κ1) is 29.8. The number of anilines is 1. The van der Waals surface area contributed by atoms with E-state index in [9.17, 15) is 24.1 Å². The largest absolute Gasteiger partial charge is 0.476 e. The van der Waals surface area contributed by atoms with Crippen molar-refractivity contribution in [2.75, 3.05) is 11.9 Å². The molecule has 4 aromatic carbocycles. The summed E-state index contributed by atoms with van der Waals surface area (Å²) in [5, 5.41) is 19.7. The van der Waals surface area contributed by atoms with Crippen molar-refractivity contribution < 1.29 is 23.3 Å². The Balaban J connectivity index is 1.42. The molecule has 0 saturated carbocycles. The van der Waals surface area contributed by atoms with Gasteiger partial charge in [-0.1, -0.05) is 56.1 Å². The van der Waals surface area contributed by atoms with E-state index in [0.29, 0.717) is 15.6 Å². The van der Waals surface area contributed by atoms with Gasteiger partial charge in [0.2, 0.25) is 11.6 Å². The summed E-state index contributed by atoms with van der Waals surface area (Å²) in [6.45, 7) is -0.686. The van der Waals surface area contributed by atoms with E-state index in [1.807, 2.05) is 12.1 Å². The van der Waals surface area contributed by atoms with E-state index in [4.69, 9.17) is 9.15 Å². The Morgan fingerprint density at radius 2 is 1.84 bits per heavy atom. The van der Waals surface area contributed by atoms with Crippen LogP contribution in [-0.4, -0.2) is 33.3 Å². The Hall–Kier alpha value is -5.21. The number of carbonyl (C=O) groups excluding carboxylic acids is 1. The number of hydrogen-bond acceptors (Lipinski definition) is 8. The average Bonchev–Trinajstić information content (AvgIpc) is 3.44. The maximum Gasteiger partial charge on any atom is 0.312 e. The molecule has 2 aromatic heterocycles. The first-order valence-electron chi connectivity index (χ1n) is 13.1. The number of hydrogen-bond donors (Lipinski definition) is 1. The SMILES string of the molecule is O=C(COc1c(C=Nn2c(-c3cc4cc(Br)ccc4o3)nc3ccccc3c2=O)cc(Br)cc1[N+](=O)[O-])Nc1ccccc1F. The van der Waals surface area contributed by atoms with Crippen molar-refractivity contribution in [1.29, 1.82) is 0 Å². The molecule has 0 aliphatic rings. The van der Waals surface area contributed by atoms with Gasteiger partial charge in [-0.3, -0.25) is 19.7 Å². The van der Waals surface area contributed by atoms with Crippen LogP contribution in [0.15, 0.2) is 108 Å². The van der Waals surface area contributed by atoms with Crippen molar-refractivity contribution in [1.82, 2.24) is 9.66 Å². The second-order valence-corrected chi connectivity index (χ2v) is 11.4. The highest BCUT2D eigenvalue weighted by atomic mass is 79.9. The maximum absolute atomic E-state index is 14.0. The van der Waals surface area contributed by atoms with E-state index in [1.165, 1.54) is 42.6 Å². The molecule has 6 rings (SSSR count). The number of furan rings is 1. The molecule has 0 radical (unpaired) electrons. The van der Waals surface area contributed by atoms with Crippen molar-refractivity contribution >= 4 is 77.2 Å². The normalized spacial score (nSPS) is 11.4. The number of aromatic nitrogens is 2. The zero-order chi connectivity index (χ0) is 31.7. The van der Waals surface area contributed by atoms with Gasteiger partial charge in [-0.15, -0.1) is 0 Å². The quantitative estimate of drug-likeness (QED) is 0.0984. The molecule has 11 nitrogen and oxygen atoms in total. The van der Waals surface area contributed by atoms with Crippen LogP contribution in [0.25, 0.3) is 33.5 Å². The highest BCUT2D eigenvalue weighted by Gasteiger charge is 2.23. The van der Waals surface area contributed by atoms with Gasteiger partial charge in [-0.05, 0) is 54.6 Å². The fourth-order valence-electron chi connectivity index (χ4n) is 4.51. The number of carbonyl (C=O) groups is 1. The topological polar surface area (TPSA) is 142 Å². The molecular weight excluding hydrogens is 717 g/mol. The first-order valence-corrected chi connectivity index (χ1v) is 14.7. The zero-order valence-electron chi connectivity index (χ0n) is 22.7. The average molecular weight is 735 g/mol. The predicted molar refractivity (Wildman–Crippen MR) is 173 cm³/mol. The lowest BCUT2D eigenvalue weighted by Gasteiger charge is -2.11. The monoisotopic (exact) mass is 733 g/mol. The molecule has 224 valence electrons. The molecule has 14 heteroatoms. The number of benzene rings is 4. The van der Waals surface area contributed by atoms with E-state index < -0.39 is 34.5 Å². The number of nitro groups is 1. The van der Waals surface area contributed by atoms with Gasteiger partial charge in [0.25, 0.3) is 11.5 Å². The molecule has 0 unspecified atom stereocenters. The summed E-state index contributed by atoms with van der Waals surface area (Å²) >= 11 is 6.69. The van der Waals surface area contributed by atoms with E-state index in [2.05, 4.69) is 47.3 Å². The molecule has 2 heterocycles. The third-order valence-electron chi connectivity index (χ3n) is 6.52. The summed E-state index contributed by atoms with van der Waals surface area (Å²) in [5.41, 5.74) is -0.0471. The summed E-state index contributed by atoms with van der Waals surface area (Å²) in [4.78, 5) is 42.2. The lowest BCUT2D eigenvalue weighted by atomic mass is 10.2. The van der Waals surface area contributed by atoms with Crippen LogP contribution in [0.1, 0.15) is 5.56 Å². The fourth-order valence-corrected chi connectivity index (χ4v) is 5.35. The van der Waals surface area contributed by atoms with Crippen LogP contribution in [0.4, 0.5) is 15.8 Å². The van der Waals surface area contributed by atoms with E-state index in [1.54, 1.807) is 36.4 Å². The van der Waals surface area contributed by atoms with Crippen molar-refractivity contribution in [2.24, 2.45) is 5.10 Å². The van der Waals surface area contributed by atoms with Crippen LogP contribution in [0, 0.1) is 15.9 Å². The Morgan fingerprint density at radius 3 is 2.64 bits per heavy atom. The number of nitrogens with one attached hydrogen (secondary N) is 1. The van der Waals surface area contributed by atoms with Crippen LogP contribution in [0.2, 0.25) is 0 Å². The molecule has 45 heavy (non-hydrogen) atoms. The highest BCUT2D eigenvalue weighted by molar-refractivity contribution is 9.10. The van der Waals surface area contributed by atoms with Gasteiger partial charge in [0, 0.05) is 26.0 Å². The number of amides is 1. The van der Waals surface area contributed by atoms with Gasteiger partial charge < -0.3 is 14.5 Å². The number of nitrogens with zero attached hydrogens (tertiary/aromatic N) is 4. The van der Waals surface area contributed by atoms with Gasteiger partial charge in [-0.25, -0.2) is 9.37 Å². The van der Waals surface area contributed by atoms with Crippen LogP contribution in [0.3, 0.4) is 0 Å². The van der Waals surface area contributed by atoms with Crippen molar-refractivity contribution in [3.63, 3.8) is 0 Å². The third kappa shape index (κ3) is 6.23. The van der Waals surface area contributed by atoms with Crippen LogP contribution < -0.4 is 15.6 Å². The van der Waals surface area contributed by atoms with Crippen LogP contribution in [0.5, 0.6) is 5.75 Å². The lowest BCUT2D eigenvalue weighted by Crippen LogP contribution is -2.22. The number of fused-ring (bicyclic) bond motifs is 2. The summed E-state index contributed by atoms with van der Waals surface area (Å²) in [5.74, 6) is -1.37. The van der Waals surface area contributed by atoms with Gasteiger partial charge >= 0.3 is 5.69 Å². The zero-order valence-corrected chi connectivity index (χ0v) is 25.9. The van der Waals surface area contributed by atoms with Gasteiger partial charge in [0.05, 0.1) is 27.7 Å².